The maximum atomic E-state index is 13.0. The average Bonchev–Trinajstić information content (AvgIpc) is 2.84. The van der Waals surface area contributed by atoms with Crippen LogP contribution in [0.4, 0.5) is 0 Å². The lowest BCUT2D eigenvalue weighted by molar-refractivity contribution is -0.140. The van der Waals surface area contributed by atoms with E-state index in [1.54, 1.807) is 7.11 Å². The minimum atomic E-state index is 0.00203. The second-order valence-electron chi connectivity index (χ2n) is 11.3. The van der Waals surface area contributed by atoms with Crippen LogP contribution in [-0.2, 0) is 16.0 Å². The molecule has 0 radical (unpaired) electrons. The fourth-order valence-corrected chi connectivity index (χ4v) is 6.64. The molecule has 192 valence electrons. The van der Waals surface area contributed by atoms with Gasteiger partial charge in [-0.2, -0.15) is 0 Å². The molecule has 0 saturated heterocycles. The third-order valence-electron chi connectivity index (χ3n) is 8.65. The number of carbonyl (C=O) groups is 1. The molecule has 0 bridgehead atoms. The first kappa shape index (κ1) is 27.2. The van der Waals surface area contributed by atoms with Crippen molar-refractivity contribution in [1.82, 2.24) is 0 Å². The third kappa shape index (κ3) is 8.11. The Morgan fingerprint density at radius 3 is 2.03 bits per heavy atom. The van der Waals surface area contributed by atoms with Crippen molar-refractivity contribution in [3.05, 3.63) is 28.8 Å². The molecule has 0 heterocycles. The van der Waals surface area contributed by atoms with Crippen molar-refractivity contribution in [1.29, 1.82) is 0 Å². The zero-order chi connectivity index (χ0) is 24.3. The van der Waals surface area contributed by atoms with Crippen molar-refractivity contribution in [3.8, 4) is 5.75 Å². The van der Waals surface area contributed by atoms with Crippen LogP contribution in [0.15, 0.2) is 12.1 Å². The monoisotopic (exact) mass is 470 g/mol. The van der Waals surface area contributed by atoms with E-state index in [0.29, 0.717) is 0 Å². The lowest BCUT2D eigenvalue weighted by atomic mass is 9.69. The van der Waals surface area contributed by atoms with Crippen molar-refractivity contribution in [2.75, 3.05) is 13.7 Å². The number of hydrogen-bond donors (Lipinski definition) is 0. The maximum absolute atomic E-state index is 13.0. The van der Waals surface area contributed by atoms with Gasteiger partial charge >= 0.3 is 5.97 Å². The molecule has 0 amide bonds. The summed E-state index contributed by atoms with van der Waals surface area (Å²) in [5.74, 6) is 3.60. The standard InChI is InChI=1S/C31H50O3/c1-5-10-25-12-14-27(15-13-25)28-16-18-29(19-17-28)31(32)34-30-23(2)21-26(22-24(30)3)11-8-6-7-9-20-33-4/h21-22,25,27-29H,5-20H2,1-4H3. The van der Waals surface area contributed by atoms with Gasteiger partial charge in [-0.25, -0.2) is 0 Å². The van der Waals surface area contributed by atoms with Gasteiger partial charge in [-0.1, -0.05) is 57.6 Å². The van der Waals surface area contributed by atoms with Crippen LogP contribution in [0.3, 0.4) is 0 Å². The van der Waals surface area contributed by atoms with E-state index >= 15 is 0 Å². The van der Waals surface area contributed by atoms with E-state index in [4.69, 9.17) is 9.47 Å². The number of benzene rings is 1. The van der Waals surface area contributed by atoms with Gasteiger partial charge in [-0.3, -0.25) is 4.79 Å². The van der Waals surface area contributed by atoms with Crippen molar-refractivity contribution in [3.63, 3.8) is 0 Å². The quantitative estimate of drug-likeness (QED) is 0.175. The second kappa shape index (κ2) is 14.3. The van der Waals surface area contributed by atoms with Gasteiger partial charge in [0, 0.05) is 13.7 Å². The number of carbonyl (C=O) groups excluding carboxylic acids is 1. The first-order chi connectivity index (χ1) is 16.5. The van der Waals surface area contributed by atoms with E-state index in [1.165, 1.54) is 76.2 Å². The molecule has 1 aromatic carbocycles. The van der Waals surface area contributed by atoms with Crippen LogP contribution < -0.4 is 4.74 Å². The van der Waals surface area contributed by atoms with E-state index in [9.17, 15) is 4.79 Å². The van der Waals surface area contributed by atoms with E-state index in [2.05, 4.69) is 32.9 Å². The Bertz CT molecular complexity index is 716. The zero-order valence-electron chi connectivity index (χ0n) is 22.5. The molecule has 3 rings (SSSR count). The fraction of sp³-hybridized carbons (Fsp3) is 0.774. The molecular weight excluding hydrogens is 420 g/mol. The highest BCUT2D eigenvalue weighted by atomic mass is 16.5. The van der Waals surface area contributed by atoms with Gasteiger partial charge in [0.1, 0.15) is 5.75 Å². The Hall–Kier alpha value is -1.35. The van der Waals surface area contributed by atoms with Gasteiger partial charge in [0.05, 0.1) is 5.92 Å². The molecule has 3 nitrogen and oxygen atoms in total. The van der Waals surface area contributed by atoms with Crippen LogP contribution >= 0.6 is 0 Å². The molecule has 2 saturated carbocycles. The molecule has 2 fully saturated rings. The predicted molar refractivity (Wildman–Crippen MR) is 141 cm³/mol. The highest BCUT2D eigenvalue weighted by molar-refractivity contribution is 5.76. The lowest BCUT2D eigenvalue weighted by Gasteiger charge is -2.37. The highest BCUT2D eigenvalue weighted by Gasteiger charge is 2.33. The normalized spacial score (nSPS) is 25.3. The van der Waals surface area contributed by atoms with Gasteiger partial charge < -0.3 is 9.47 Å². The number of unbranched alkanes of at least 4 members (excludes halogenated alkanes) is 3. The Kier molecular flexibility index (Phi) is 11.4. The zero-order valence-corrected chi connectivity index (χ0v) is 22.5. The van der Waals surface area contributed by atoms with E-state index in [0.717, 1.165) is 66.9 Å². The average molecular weight is 471 g/mol. The maximum Gasteiger partial charge on any atom is 0.314 e. The highest BCUT2D eigenvalue weighted by Crippen LogP contribution is 2.42. The van der Waals surface area contributed by atoms with Crippen LogP contribution in [0.2, 0.25) is 0 Å². The Balaban J connectivity index is 1.43. The molecule has 0 unspecified atom stereocenters. The summed E-state index contributed by atoms with van der Waals surface area (Å²) in [5.41, 5.74) is 3.55. The molecule has 2 aliphatic carbocycles. The van der Waals surface area contributed by atoms with Crippen molar-refractivity contribution < 1.29 is 14.3 Å². The van der Waals surface area contributed by atoms with Crippen LogP contribution in [-0.4, -0.2) is 19.7 Å². The number of esters is 1. The van der Waals surface area contributed by atoms with Crippen LogP contribution in [0.1, 0.15) is 114 Å². The van der Waals surface area contributed by atoms with E-state index in [-0.39, 0.29) is 11.9 Å². The largest absolute Gasteiger partial charge is 0.426 e. The van der Waals surface area contributed by atoms with Crippen molar-refractivity contribution >= 4 is 5.97 Å². The molecule has 0 atom stereocenters. The van der Waals surface area contributed by atoms with Crippen LogP contribution in [0, 0.1) is 37.5 Å². The minimum absolute atomic E-state index is 0.00203. The first-order valence-corrected chi connectivity index (χ1v) is 14.3. The van der Waals surface area contributed by atoms with Gasteiger partial charge in [0.15, 0.2) is 0 Å². The number of hydrogen-bond acceptors (Lipinski definition) is 3. The molecule has 2 aliphatic rings. The van der Waals surface area contributed by atoms with Gasteiger partial charge in [0.2, 0.25) is 0 Å². The molecular formula is C31H50O3. The second-order valence-corrected chi connectivity index (χ2v) is 11.3. The summed E-state index contributed by atoms with van der Waals surface area (Å²) in [6.45, 7) is 7.35. The van der Waals surface area contributed by atoms with E-state index < -0.39 is 0 Å². The molecule has 3 heteroatoms. The SMILES string of the molecule is CCCC1CCC(C2CCC(C(=O)Oc3c(C)cc(CCCCCCOC)cc3C)CC2)CC1. The number of rotatable bonds is 12. The molecule has 0 N–H and O–H groups in total. The summed E-state index contributed by atoms with van der Waals surface area (Å²) < 4.78 is 11.1. The fourth-order valence-electron chi connectivity index (χ4n) is 6.64. The Morgan fingerprint density at radius 1 is 0.853 bits per heavy atom. The lowest BCUT2D eigenvalue weighted by Crippen LogP contribution is -2.30. The van der Waals surface area contributed by atoms with Crippen molar-refractivity contribution in [2.45, 2.75) is 117 Å². The van der Waals surface area contributed by atoms with Gasteiger partial charge in [-0.15, -0.1) is 0 Å². The molecule has 0 spiro atoms. The smallest absolute Gasteiger partial charge is 0.314 e. The summed E-state index contributed by atoms with van der Waals surface area (Å²) in [6.07, 6.45) is 18.8. The minimum Gasteiger partial charge on any atom is -0.426 e. The Morgan fingerprint density at radius 2 is 1.44 bits per heavy atom. The number of ether oxygens (including phenoxy) is 2. The summed E-state index contributed by atoms with van der Waals surface area (Å²) in [4.78, 5) is 13.0. The molecule has 1 aromatic rings. The number of aryl methyl sites for hydroxylation is 3. The summed E-state index contributed by atoms with van der Waals surface area (Å²) >= 11 is 0. The van der Waals surface area contributed by atoms with E-state index in [1.807, 2.05) is 0 Å². The van der Waals surface area contributed by atoms with Crippen LogP contribution in [0.25, 0.3) is 0 Å². The Labute approximate surface area is 209 Å². The van der Waals surface area contributed by atoms with Gasteiger partial charge in [0.25, 0.3) is 0 Å². The molecule has 0 aromatic heterocycles. The third-order valence-corrected chi connectivity index (χ3v) is 8.65. The van der Waals surface area contributed by atoms with Crippen molar-refractivity contribution in [2.24, 2.45) is 23.7 Å². The van der Waals surface area contributed by atoms with Crippen LogP contribution in [0.5, 0.6) is 5.75 Å². The summed E-state index contributed by atoms with van der Waals surface area (Å²) in [6, 6.07) is 4.44. The molecule has 34 heavy (non-hydrogen) atoms. The summed E-state index contributed by atoms with van der Waals surface area (Å²) in [7, 11) is 1.77. The summed E-state index contributed by atoms with van der Waals surface area (Å²) in [5, 5.41) is 0. The first-order valence-electron chi connectivity index (χ1n) is 14.3. The molecule has 0 aliphatic heterocycles. The van der Waals surface area contributed by atoms with Gasteiger partial charge in [-0.05, 0) is 106 Å². The number of methoxy groups -OCH3 is 1. The predicted octanol–water partition coefficient (Wildman–Crippen LogP) is 8.37. The topological polar surface area (TPSA) is 35.5 Å².